The zero-order valence-electron chi connectivity index (χ0n) is 14.1. The van der Waals surface area contributed by atoms with Gasteiger partial charge in [0.05, 0.1) is 24.4 Å². The Kier molecular flexibility index (Phi) is 4.76. The van der Waals surface area contributed by atoms with Crippen LogP contribution in [0.5, 0.6) is 5.75 Å². The quantitative estimate of drug-likeness (QED) is 0.877. The number of carbonyl (C=O) groups is 1. The second kappa shape index (κ2) is 6.79. The molecular formula is C18H26N2O3. The first kappa shape index (κ1) is 16.1. The highest BCUT2D eigenvalue weighted by Crippen LogP contribution is 2.34. The molecule has 1 aromatic rings. The number of fused-ring (bicyclic) bond motifs is 2. The van der Waals surface area contributed by atoms with E-state index < -0.39 is 0 Å². The van der Waals surface area contributed by atoms with Crippen LogP contribution < -0.4 is 15.4 Å². The van der Waals surface area contributed by atoms with Gasteiger partial charge in [-0.1, -0.05) is 12.1 Å². The fourth-order valence-corrected chi connectivity index (χ4v) is 3.36. The summed E-state index contributed by atoms with van der Waals surface area (Å²) in [6.07, 6.45) is 3.77. The number of aryl methyl sites for hydroxylation is 1. The lowest BCUT2D eigenvalue weighted by Crippen LogP contribution is -2.46. The Hall–Kier alpha value is -1.75. The smallest absolute Gasteiger partial charge is 0.315 e. The first-order valence-corrected chi connectivity index (χ1v) is 8.47. The Balaban J connectivity index is 1.54. The largest absolute Gasteiger partial charge is 0.491 e. The van der Waals surface area contributed by atoms with Crippen molar-refractivity contribution >= 4 is 6.03 Å². The van der Waals surface area contributed by atoms with Gasteiger partial charge in [0, 0.05) is 12.1 Å². The zero-order valence-corrected chi connectivity index (χ0v) is 14.1. The van der Waals surface area contributed by atoms with E-state index in [1.165, 1.54) is 0 Å². The molecule has 2 N–H and O–H groups in total. The van der Waals surface area contributed by atoms with E-state index in [1.807, 2.05) is 39.0 Å². The summed E-state index contributed by atoms with van der Waals surface area (Å²) in [4.78, 5) is 12.1. The predicted molar refractivity (Wildman–Crippen MR) is 88.6 cm³/mol. The van der Waals surface area contributed by atoms with Gasteiger partial charge in [-0.15, -0.1) is 0 Å². The summed E-state index contributed by atoms with van der Waals surface area (Å²) in [7, 11) is 0. The van der Waals surface area contributed by atoms with Crippen molar-refractivity contribution in [3.63, 3.8) is 0 Å². The Bertz CT molecular complexity index is 573. The Labute approximate surface area is 137 Å². The fourth-order valence-electron chi connectivity index (χ4n) is 3.36. The second-order valence-corrected chi connectivity index (χ2v) is 6.82. The summed E-state index contributed by atoms with van der Waals surface area (Å²) in [5, 5.41) is 5.97. The average Bonchev–Trinajstić information content (AvgIpc) is 3.08. The van der Waals surface area contributed by atoms with E-state index >= 15 is 0 Å². The Morgan fingerprint density at radius 3 is 2.87 bits per heavy atom. The van der Waals surface area contributed by atoms with Crippen molar-refractivity contribution in [3.8, 4) is 5.75 Å². The van der Waals surface area contributed by atoms with Crippen LogP contribution in [0.2, 0.25) is 0 Å². The van der Waals surface area contributed by atoms with Crippen LogP contribution in [0.3, 0.4) is 0 Å². The number of carbonyl (C=O) groups excluding carboxylic acids is 1. The van der Waals surface area contributed by atoms with Crippen molar-refractivity contribution in [3.05, 3.63) is 29.3 Å². The van der Waals surface area contributed by atoms with Gasteiger partial charge in [0.15, 0.2) is 0 Å². The minimum Gasteiger partial charge on any atom is -0.491 e. The monoisotopic (exact) mass is 318 g/mol. The maximum Gasteiger partial charge on any atom is 0.315 e. The first-order valence-electron chi connectivity index (χ1n) is 8.47. The molecule has 126 valence electrons. The third-order valence-corrected chi connectivity index (χ3v) is 4.45. The lowest BCUT2D eigenvalue weighted by molar-refractivity contribution is 0.0981. The molecule has 3 unspecified atom stereocenters. The van der Waals surface area contributed by atoms with Gasteiger partial charge in [-0.25, -0.2) is 4.79 Å². The number of hydrogen-bond acceptors (Lipinski definition) is 3. The Morgan fingerprint density at radius 1 is 1.39 bits per heavy atom. The van der Waals surface area contributed by atoms with Crippen LogP contribution >= 0.6 is 0 Å². The number of benzene rings is 1. The minimum absolute atomic E-state index is 0.107. The number of hydrogen-bond donors (Lipinski definition) is 2. The van der Waals surface area contributed by atoms with Crippen molar-refractivity contribution in [1.29, 1.82) is 0 Å². The van der Waals surface area contributed by atoms with Gasteiger partial charge >= 0.3 is 6.03 Å². The van der Waals surface area contributed by atoms with E-state index in [9.17, 15) is 4.79 Å². The summed E-state index contributed by atoms with van der Waals surface area (Å²) >= 11 is 0. The summed E-state index contributed by atoms with van der Waals surface area (Å²) in [6, 6.07) is 6.07. The van der Waals surface area contributed by atoms with Gasteiger partial charge in [-0.05, 0) is 51.7 Å². The maximum atomic E-state index is 12.1. The van der Waals surface area contributed by atoms with Crippen LogP contribution in [-0.4, -0.2) is 30.4 Å². The highest BCUT2D eigenvalue weighted by atomic mass is 16.5. The molecule has 3 rings (SSSR count). The van der Waals surface area contributed by atoms with Crippen molar-refractivity contribution in [2.75, 3.05) is 0 Å². The van der Waals surface area contributed by atoms with Gasteiger partial charge in [0.1, 0.15) is 5.75 Å². The highest BCUT2D eigenvalue weighted by Gasteiger charge is 2.41. The van der Waals surface area contributed by atoms with Crippen LogP contribution in [0.25, 0.3) is 0 Å². The number of amides is 2. The van der Waals surface area contributed by atoms with Crippen molar-refractivity contribution in [2.45, 2.75) is 70.9 Å². The molecule has 1 aromatic carbocycles. The van der Waals surface area contributed by atoms with Crippen LogP contribution in [0.1, 0.15) is 44.2 Å². The van der Waals surface area contributed by atoms with Crippen LogP contribution in [-0.2, 0) is 11.3 Å². The van der Waals surface area contributed by atoms with Crippen LogP contribution in [0, 0.1) is 6.92 Å². The minimum atomic E-state index is -0.137. The zero-order chi connectivity index (χ0) is 16.4. The van der Waals surface area contributed by atoms with Gasteiger partial charge in [0.2, 0.25) is 0 Å². The van der Waals surface area contributed by atoms with E-state index in [0.29, 0.717) is 12.6 Å². The van der Waals surface area contributed by atoms with E-state index in [4.69, 9.17) is 9.47 Å². The van der Waals surface area contributed by atoms with E-state index in [-0.39, 0.29) is 24.3 Å². The third-order valence-electron chi connectivity index (χ3n) is 4.45. The molecule has 2 amide bonds. The molecule has 2 saturated heterocycles. The number of urea groups is 1. The highest BCUT2D eigenvalue weighted by molar-refractivity contribution is 5.74. The third kappa shape index (κ3) is 3.96. The topological polar surface area (TPSA) is 59.6 Å². The predicted octanol–water partition coefficient (Wildman–Crippen LogP) is 2.90. The van der Waals surface area contributed by atoms with Gasteiger partial charge in [-0.2, -0.15) is 0 Å². The fraction of sp³-hybridized carbons (Fsp3) is 0.611. The van der Waals surface area contributed by atoms with Crippen molar-refractivity contribution in [2.24, 2.45) is 0 Å². The molecule has 0 aromatic heterocycles. The van der Waals surface area contributed by atoms with Gasteiger partial charge in [0.25, 0.3) is 0 Å². The summed E-state index contributed by atoms with van der Waals surface area (Å²) in [5.74, 6) is 0.837. The first-order chi connectivity index (χ1) is 11.0. The molecule has 0 spiro atoms. The van der Waals surface area contributed by atoms with Gasteiger partial charge < -0.3 is 20.1 Å². The summed E-state index contributed by atoms with van der Waals surface area (Å²) in [5.41, 5.74) is 2.14. The molecule has 2 fully saturated rings. The molecule has 0 radical (unpaired) electrons. The SMILES string of the molecule is Cc1ccc(CNC(=O)NC2CC3CCC2O3)c(OC(C)C)c1. The summed E-state index contributed by atoms with van der Waals surface area (Å²) < 4.78 is 11.6. The lowest BCUT2D eigenvalue weighted by Gasteiger charge is -2.21. The molecule has 0 aliphatic carbocycles. The average molecular weight is 318 g/mol. The molecule has 2 heterocycles. The van der Waals surface area contributed by atoms with Gasteiger partial charge in [-0.3, -0.25) is 0 Å². The van der Waals surface area contributed by atoms with Crippen LogP contribution in [0.4, 0.5) is 4.79 Å². The molecular weight excluding hydrogens is 292 g/mol. The number of nitrogens with one attached hydrogen (secondary N) is 2. The summed E-state index contributed by atoms with van der Waals surface area (Å²) in [6.45, 7) is 6.49. The van der Waals surface area contributed by atoms with Crippen LogP contribution in [0.15, 0.2) is 18.2 Å². The number of ether oxygens (including phenoxy) is 2. The Morgan fingerprint density at radius 2 is 2.22 bits per heavy atom. The maximum absolute atomic E-state index is 12.1. The molecule has 2 aliphatic heterocycles. The van der Waals surface area contributed by atoms with Crippen molar-refractivity contribution in [1.82, 2.24) is 10.6 Å². The normalized spacial score (nSPS) is 25.7. The number of rotatable bonds is 5. The second-order valence-electron chi connectivity index (χ2n) is 6.82. The molecule has 2 bridgehead atoms. The molecule has 2 aliphatic rings. The lowest BCUT2D eigenvalue weighted by atomic mass is 9.96. The molecule has 5 nitrogen and oxygen atoms in total. The standard InChI is InChI=1S/C18H26N2O3/c1-11(2)22-17-8-12(3)4-5-13(17)10-19-18(21)20-15-9-14-6-7-16(15)23-14/h4-5,8,11,14-16H,6-7,9-10H2,1-3H3,(H2,19,20,21). The van der Waals surface area contributed by atoms with E-state index in [1.54, 1.807) is 0 Å². The molecule has 3 atom stereocenters. The van der Waals surface area contributed by atoms with E-state index in [0.717, 1.165) is 36.1 Å². The van der Waals surface area contributed by atoms with E-state index in [2.05, 4.69) is 10.6 Å². The molecule has 5 heteroatoms. The van der Waals surface area contributed by atoms with Crippen molar-refractivity contribution < 1.29 is 14.3 Å². The molecule has 23 heavy (non-hydrogen) atoms. The molecule has 0 saturated carbocycles.